The van der Waals surface area contributed by atoms with Crippen molar-refractivity contribution < 1.29 is 14.7 Å². The van der Waals surface area contributed by atoms with Crippen LogP contribution in [0.25, 0.3) is 21.9 Å². The molecule has 0 saturated heterocycles. The topological polar surface area (TPSA) is 101 Å². The Morgan fingerprint density at radius 2 is 1.83 bits per heavy atom. The highest BCUT2D eigenvalue weighted by Crippen LogP contribution is 2.25. The molecule has 3 heterocycles. The minimum Gasteiger partial charge on any atom is -0.478 e. The molecule has 0 bridgehead atoms. The predicted molar refractivity (Wildman–Crippen MR) is 112 cm³/mol. The summed E-state index contributed by atoms with van der Waals surface area (Å²) in [5, 5.41) is 9.91. The van der Waals surface area contributed by atoms with Gasteiger partial charge in [-0.3, -0.25) is 9.78 Å². The van der Waals surface area contributed by atoms with Crippen molar-refractivity contribution in [3.8, 4) is 0 Å². The second-order valence-electron chi connectivity index (χ2n) is 7.00. The van der Waals surface area contributed by atoms with Crippen LogP contribution in [0.5, 0.6) is 0 Å². The molecule has 0 atom stereocenters. The van der Waals surface area contributed by atoms with Gasteiger partial charge in [-0.2, -0.15) is 0 Å². The highest BCUT2D eigenvalue weighted by atomic mass is 16.4. The van der Waals surface area contributed by atoms with Gasteiger partial charge in [0.15, 0.2) is 5.82 Å². The minimum absolute atomic E-state index is 0.192. The van der Waals surface area contributed by atoms with E-state index in [2.05, 4.69) is 15.0 Å². The number of nitrogens with zero attached hydrogens (tertiary/aromatic N) is 3. The van der Waals surface area contributed by atoms with Crippen LogP contribution in [0.2, 0.25) is 0 Å². The lowest BCUT2D eigenvalue weighted by atomic mass is 10.1. The largest absolute Gasteiger partial charge is 0.478 e. The number of carboxylic acids is 1. The number of hydrogen-bond acceptors (Lipinski definition) is 4. The van der Waals surface area contributed by atoms with Crippen molar-refractivity contribution in [1.29, 1.82) is 0 Å². The Labute approximate surface area is 170 Å². The number of benzene rings is 2. The maximum atomic E-state index is 13.2. The molecule has 2 aromatic carbocycles. The number of carboxylic acid groups (broad SMARTS) is 1. The van der Waals surface area contributed by atoms with Crippen molar-refractivity contribution >= 4 is 33.7 Å². The molecule has 30 heavy (non-hydrogen) atoms. The van der Waals surface area contributed by atoms with E-state index < -0.39 is 5.97 Å². The summed E-state index contributed by atoms with van der Waals surface area (Å²) in [4.78, 5) is 35.8. The second kappa shape index (κ2) is 6.97. The number of fused-ring (bicyclic) bond motifs is 2. The first kappa shape index (κ1) is 17.8. The Balaban J connectivity index is 1.55. The van der Waals surface area contributed by atoms with Crippen LogP contribution in [-0.4, -0.2) is 36.4 Å². The van der Waals surface area contributed by atoms with Crippen LogP contribution >= 0.6 is 0 Å². The van der Waals surface area contributed by atoms with Crippen LogP contribution in [0.3, 0.4) is 0 Å². The minimum atomic E-state index is -0.957. The fourth-order valence-corrected chi connectivity index (χ4v) is 3.60. The van der Waals surface area contributed by atoms with E-state index in [0.717, 1.165) is 16.5 Å². The smallest absolute Gasteiger partial charge is 0.335 e. The van der Waals surface area contributed by atoms with Gasteiger partial charge < -0.3 is 14.7 Å². The number of nitrogens with one attached hydrogen (secondary N) is 1. The zero-order valence-electron chi connectivity index (χ0n) is 15.7. The van der Waals surface area contributed by atoms with Gasteiger partial charge in [0.05, 0.1) is 28.4 Å². The molecular formula is C23H16N4O3. The molecule has 0 unspecified atom stereocenters. The maximum Gasteiger partial charge on any atom is 0.335 e. The van der Waals surface area contributed by atoms with E-state index in [0.29, 0.717) is 23.1 Å². The highest BCUT2D eigenvalue weighted by molar-refractivity contribution is 6.15. The lowest BCUT2D eigenvalue weighted by Gasteiger charge is -2.06. The van der Waals surface area contributed by atoms with Crippen LogP contribution in [-0.2, 0) is 6.54 Å². The number of ketones is 1. The Morgan fingerprint density at radius 3 is 2.60 bits per heavy atom. The summed E-state index contributed by atoms with van der Waals surface area (Å²) < 4.78 is 1.99. The molecular weight excluding hydrogens is 380 g/mol. The van der Waals surface area contributed by atoms with Gasteiger partial charge in [-0.05, 0) is 29.8 Å². The molecule has 5 aromatic rings. The van der Waals surface area contributed by atoms with Gasteiger partial charge in [-0.15, -0.1) is 0 Å². The van der Waals surface area contributed by atoms with Gasteiger partial charge >= 0.3 is 5.97 Å². The first-order valence-electron chi connectivity index (χ1n) is 9.35. The van der Waals surface area contributed by atoms with Crippen LogP contribution in [0.15, 0.2) is 73.2 Å². The molecule has 0 amide bonds. The van der Waals surface area contributed by atoms with E-state index in [1.165, 1.54) is 0 Å². The molecule has 7 nitrogen and oxygen atoms in total. The molecule has 3 aromatic heterocycles. The third-order valence-electron chi connectivity index (χ3n) is 5.09. The molecule has 0 spiro atoms. The lowest BCUT2D eigenvalue weighted by molar-refractivity contribution is 0.0696. The fourth-order valence-electron chi connectivity index (χ4n) is 3.60. The second-order valence-corrected chi connectivity index (χ2v) is 7.00. The average molecular weight is 396 g/mol. The number of pyridine rings is 1. The zero-order valence-corrected chi connectivity index (χ0v) is 15.7. The molecule has 5 rings (SSSR count). The van der Waals surface area contributed by atoms with Crippen molar-refractivity contribution in [3.63, 3.8) is 0 Å². The molecule has 7 heteroatoms. The van der Waals surface area contributed by atoms with Crippen LogP contribution in [0.1, 0.15) is 32.1 Å². The third-order valence-corrected chi connectivity index (χ3v) is 5.09. The fraction of sp³-hybridized carbons (Fsp3) is 0.0435. The van der Waals surface area contributed by atoms with Crippen molar-refractivity contribution in [2.24, 2.45) is 0 Å². The Kier molecular flexibility index (Phi) is 4.14. The number of aromatic nitrogens is 4. The Morgan fingerprint density at radius 1 is 1.03 bits per heavy atom. The number of aromatic amines is 1. The molecule has 0 saturated carbocycles. The predicted octanol–water partition coefficient (Wildman–Crippen LogP) is 3.89. The number of imidazole rings is 1. The van der Waals surface area contributed by atoms with Crippen LogP contribution in [0, 0.1) is 0 Å². The summed E-state index contributed by atoms with van der Waals surface area (Å²) in [7, 11) is 0. The third kappa shape index (κ3) is 3.02. The van der Waals surface area contributed by atoms with E-state index in [9.17, 15) is 9.59 Å². The van der Waals surface area contributed by atoms with Gasteiger partial charge in [0, 0.05) is 29.8 Å². The molecule has 0 aliphatic carbocycles. The molecule has 0 aliphatic rings. The van der Waals surface area contributed by atoms with E-state index in [1.807, 2.05) is 35.0 Å². The van der Waals surface area contributed by atoms with Crippen molar-refractivity contribution in [2.75, 3.05) is 0 Å². The number of rotatable bonds is 5. The summed E-state index contributed by atoms with van der Waals surface area (Å²) >= 11 is 0. The molecule has 2 N–H and O–H groups in total. The van der Waals surface area contributed by atoms with Gasteiger partial charge in [-0.25, -0.2) is 9.78 Å². The highest BCUT2D eigenvalue weighted by Gasteiger charge is 2.20. The first-order valence-corrected chi connectivity index (χ1v) is 9.35. The monoisotopic (exact) mass is 396 g/mol. The van der Waals surface area contributed by atoms with Crippen molar-refractivity contribution in [2.45, 2.75) is 6.54 Å². The number of para-hydroxylation sites is 1. The van der Waals surface area contributed by atoms with Gasteiger partial charge in [0.25, 0.3) is 0 Å². The number of aromatic carboxylic acids is 1. The van der Waals surface area contributed by atoms with E-state index in [-0.39, 0.29) is 17.2 Å². The summed E-state index contributed by atoms with van der Waals surface area (Å²) in [6.45, 7) is 0.512. The van der Waals surface area contributed by atoms with Crippen molar-refractivity contribution in [1.82, 2.24) is 19.5 Å². The summed E-state index contributed by atoms with van der Waals surface area (Å²) in [5.74, 6) is -0.879. The Hall–Kier alpha value is -4.26. The number of hydrogen-bond donors (Lipinski definition) is 2. The first-order chi connectivity index (χ1) is 14.6. The van der Waals surface area contributed by atoms with Gasteiger partial charge in [0.1, 0.15) is 0 Å². The number of carbonyl (C=O) groups excluding carboxylic acids is 1. The van der Waals surface area contributed by atoms with E-state index >= 15 is 0 Å². The zero-order chi connectivity index (χ0) is 20.7. The van der Waals surface area contributed by atoms with Crippen LogP contribution < -0.4 is 0 Å². The number of H-pyrrole nitrogens is 1. The van der Waals surface area contributed by atoms with Crippen molar-refractivity contribution in [3.05, 3.63) is 95.7 Å². The van der Waals surface area contributed by atoms with E-state index in [1.54, 1.807) is 42.7 Å². The number of carbonyl (C=O) groups is 2. The standard InChI is InChI=1S/C23H16N4O3/c28-21(22-25-18-9-10-24-11-19(18)26-22)17-13-27(20-4-2-1-3-16(17)20)12-14-5-7-15(8-6-14)23(29)30/h1-11,13H,12H2,(H,25,26)(H,29,30). The SMILES string of the molecule is O=C(O)c1ccc(Cn2cc(C(=O)c3nc4ccncc4[nH]3)c3ccccc32)cc1. The molecule has 0 aliphatic heterocycles. The van der Waals surface area contributed by atoms with Crippen LogP contribution in [0.4, 0.5) is 0 Å². The molecule has 146 valence electrons. The normalized spacial score (nSPS) is 11.2. The molecule has 0 radical (unpaired) electrons. The quantitative estimate of drug-likeness (QED) is 0.439. The summed E-state index contributed by atoms with van der Waals surface area (Å²) in [5.41, 5.74) is 4.06. The lowest BCUT2D eigenvalue weighted by Crippen LogP contribution is -2.03. The molecule has 0 fully saturated rings. The Bertz CT molecular complexity index is 1380. The maximum absolute atomic E-state index is 13.2. The average Bonchev–Trinajstić information content (AvgIpc) is 3.36. The van der Waals surface area contributed by atoms with E-state index in [4.69, 9.17) is 5.11 Å². The van der Waals surface area contributed by atoms with Gasteiger partial charge in [-0.1, -0.05) is 30.3 Å². The van der Waals surface area contributed by atoms with Gasteiger partial charge in [0.2, 0.25) is 5.78 Å². The summed E-state index contributed by atoms with van der Waals surface area (Å²) in [6.07, 6.45) is 5.10. The summed E-state index contributed by atoms with van der Waals surface area (Å²) in [6, 6.07) is 16.2.